The Morgan fingerprint density at radius 2 is 1.51 bits per heavy atom. The third kappa shape index (κ3) is 5.10. The number of hydrogen-bond acceptors (Lipinski definition) is 5. The van der Waals surface area contributed by atoms with E-state index >= 15 is 0 Å². The van der Waals surface area contributed by atoms with Crippen molar-refractivity contribution in [2.24, 2.45) is 0 Å². The van der Waals surface area contributed by atoms with Gasteiger partial charge in [-0.2, -0.15) is 0 Å². The summed E-state index contributed by atoms with van der Waals surface area (Å²) in [5.41, 5.74) is 6.43. The fourth-order valence-corrected chi connectivity index (χ4v) is 3.69. The van der Waals surface area contributed by atoms with E-state index in [1.165, 1.54) is 0 Å². The molecule has 2 heterocycles. The predicted molar refractivity (Wildman–Crippen MR) is 141 cm³/mol. The van der Waals surface area contributed by atoms with Gasteiger partial charge in [-0.05, 0) is 78.9 Å². The van der Waals surface area contributed by atoms with Crippen LogP contribution in [0.1, 0.15) is 15.9 Å². The number of rotatable bonds is 6. The van der Waals surface area contributed by atoms with E-state index in [0.717, 1.165) is 39.2 Å². The molecule has 168 valence electrons. The second kappa shape index (κ2) is 9.77. The van der Waals surface area contributed by atoms with E-state index in [2.05, 4.69) is 31.8 Å². The number of carbonyl (C=O) groups is 1. The third-order valence-corrected chi connectivity index (χ3v) is 5.42. The molecule has 3 aromatic carbocycles. The zero-order valence-corrected chi connectivity index (χ0v) is 18.7. The van der Waals surface area contributed by atoms with E-state index < -0.39 is 0 Å². The van der Waals surface area contributed by atoms with Crippen LogP contribution in [0, 0.1) is 12.3 Å². The highest BCUT2D eigenvalue weighted by molar-refractivity contribution is 6.04. The summed E-state index contributed by atoms with van der Waals surface area (Å²) in [5.74, 6) is 2.47. The molecule has 0 radical (unpaired) electrons. The Labute approximate surface area is 203 Å². The van der Waals surface area contributed by atoms with Crippen LogP contribution in [-0.4, -0.2) is 15.9 Å². The number of amides is 1. The van der Waals surface area contributed by atoms with Gasteiger partial charge in [-0.15, -0.1) is 6.42 Å². The molecule has 0 aliphatic carbocycles. The Morgan fingerprint density at radius 3 is 2.31 bits per heavy atom. The van der Waals surface area contributed by atoms with Crippen molar-refractivity contribution in [2.45, 2.75) is 0 Å². The molecule has 0 atom stereocenters. The molecule has 0 saturated carbocycles. The molecule has 3 N–H and O–H groups in total. The molecule has 0 spiro atoms. The Hall–Kier alpha value is -5.15. The lowest BCUT2D eigenvalue weighted by atomic mass is 10.1. The normalized spacial score (nSPS) is 10.4. The standard InChI is InChI=1S/C29H21N5O/c1-2-20-6-11-27-26(18-20)28(14-17-31-27)33-22-9-7-21(8-10-22)29(35)34-25-5-3-4-24(19-25)32-23-12-15-30-16-13-23/h1,3-19H,(H,30,32)(H,31,33)(H,34,35). The summed E-state index contributed by atoms with van der Waals surface area (Å²) in [6, 6.07) is 26.2. The Bertz CT molecular complexity index is 1540. The minimum absolute atomic E-state index is 0.189. The van der Waals surface area contributed by atoms with Gasteiger partial charge in [0.05, 0.1) is 5.52 Å². The first-order chi connectivity index (χ1) is 17.2. The quantitative estimate of drug-likeness (QED) is 0.260. The first-order valence-electron chi connectivity index (χ1n) is 11.0. The fourth-order valence-electron chi connectivity index (χ4n) is 3.69. The van der Waals surface area contributed by atoms with Gasteiger partial charge in [0.2, 0.25) is 0 Å². The van der Waals surface area contributed by atoms with Crippen molar-refractivity contribution in [1.29, 1.82) is 0 Å². The smallest absolute Gasteiger partial charge is 0.255 e. The van der Waals surface area contributed by atoms with Gasteiger partial charge in [0, 0.05) is 63.5 Å². The van der Waals surface area contributed by atoms with Crippen LogP contribution in [0.3, 0.4) is 0 Å². The van der Waals surface area contributed by atoms with Gasteiger partial charge in [-0.1, -0.05) is 12.0 Å². The highest BCUT2D eigenvalue weighted by Crippen LogP contribution is 2.26. The van der Waals surface area contributed by atoms with Gasteiger partial charge in [-0.25, -0.2) is 0 Å². The summed E-state index contributed by atoms with van der Waals surface area (Å²) in [6.07, 6.45) is 10.7. The lowest BCUT2D eigenvalue weighted by Crippen LogP contribution is -2.11. The predicted octanol–water partition coefficient (Wildman–Crippen LogP) is 6.35. The van der Waals surface area contributed by atoms with Crippen molar-refractivity contribution >= 4 is 45.2 Å². The molecule has 1 amide bonds. The molecule has 6 heteroatoms. The molecular weight excluding hydrogens is 434 g/mol. The first kappa shape index (κ1) is 21.7. The van der Waals surface area contributed by atoms with E-state index in [0.29, 0.717) is 11.3 Å². The van der Waals surface area contributed by atoms with Gasteiger partial charge < -0.3 is 16.0 Å². The Kier molecular flexibility index (Phi) is 6.05. The molecule has 0 fully saturated rings. The number of benzene rings is 3. The van der Waals surface area contributed by atoms with Crippen LogP contribution in [-0.2, 0) is 0 Å². The highest BCUT2D eigenvalue weighted by atomic mass is 16.1. The maximum absolute atomic E-state index is 12.8. The fraction of sp³-hybridized carbons (Fsp3) is 0. The molecule has 0 unspecified atom stereocenters. The van der Waals surface area contributed by atoms with Crippen molar-refractivity contribution in [3.63, 3.8) is 0 Å². The minimum atomic E-state index is -0.189. The van der Waals surface area contributed by atoms with Crippen LogP contribution in [0.2, 0.25) is 0 Å². The number of pyridine rings is 2. The maximum atomic E-state index is 12.8. The average Bonchev–Trinajstić information content (AvgIpc) is 2.90. The summed E-state index contributed by atoms with van der Waals surface area (Å²) < 4.78 is 0. The monoisotopic (exact) mass is 455 g/mol. The van der Waals surface area contributed by atoms with Gasteiger partial charge >= 0.3 is 0 Å². The van der Waals surface area contributed by atoms with Gasteiger partial charge in [0.15, 0.2) is 0 Å². The molecule has 6 nitrogen and oxygen atoms in total. The van der Waals surface area contributed by atoms with Crippen molar-refractivity contribution in [2.75, 3.05) is 16.0 Å². The molecule has 5 rings (SSSR count). The second-order valence-corrected chi connectivity index (χ2v) is 7.83. The number of terminal acetylenes is 1. The van der Waals surface area contributed by atoms with Crippen LogP contribution in [0.15, 0.2) is 104 Å². The SMILES string of the molecule is C#Cc1ccc2nccc(Nc3ccc(C(=O)Nc4cccc(Nc5ccncc5)c4)cc3)c2c1. The highest BCUT2D eigenvalue weighted by Gasteiger charge is 2.08. The molecular formula is C29H21N5O. The minimum Gasteiger partial charge on any atom is -0.355 e. The molecule has 35 heavy (non-hydrogen) atoms. The second-order valence-electron chi connectivity index (χ2n) is 7.83. The van der Waals surface area contributed by atoms with Gasteiger partial charge in [0.1, 0.15) is 0 Å². The van der Waals surface area contributed by atoms with Crippen LogP contribution >= 0.6 is 0 Å². The van der Waals surface area contributed by atoms with Gasteiger partial charge in [-0.3, -0.25) is 14.8 Å². The number of nitrogens with one attached hydrogen (secondary N) is 3. The topological polar surface area (TPSA) is 78.9 Å². The number of nitrogens with zero attached hydrogens (tertiary/aromatic N) is 2. The average molecular weight is 456 g/mol. The van der Waals surface area contributed by atoms with Crippen LogP contribution < -0.4 is 16.0 Å². The van der Waals surface area contributed by atoms with Crippen LogP contribution in [0.5, 0.6) is 0 Å². The largest absolute Gasteiger partial charge is 0.355 e. The summed E-state index contributed by atoms with van der Waals surface area (Å²) in [4.78, 5) is 21.2. The number of fused-ring (bicyclic) bond motifs is 1. The molecule has 5 aromatic rings. The zero-order valence-electron chi connectivity index (χ0n) is 18.7. The number of hydrogen-bond donors (Lipinski definition) is 3. The number of carbonyl (C=O) groups excluding carboxylic acids is 1. The van der Waals surface area contributed by atoms with E-state index in [9.17, 15) is 4.79 Å². The van der Waals surface area contributed by atoms with Crippen LogP contribution in [0.4, 0.5) is 28.4 Å². The Morgan fingerprint density at radius 1 is 0.743 bits per heavy atom. The molecule has 0 aliphatic heterocycles. The van der Waals surface area contributed by atoms with E-state index in [-0.39, 0.29) is 5.91 Å². The first-order valence-corrected chi connectivity index (χ1v) is 11.0. The summed E-state index contributed by atoms with van der Waals surface area (Å²) >= 11 is 0. The maximum Gasteiger partial charge on any atom is 0.255 e. The lowest BCUT2D eigenvalue weighted by Gasteiger charge is -2.11. The molecule has 0 bridgehead atoms. The van der Waals surface area contributed by atoms with Crippen molar-refractivity contribution in [3.8, 4) is 12.3 Å². The molecule has 2 aromatic heterocycles. The van der Waals surface area contributed by atoms with Crippen LogP contribution in [0.25, 0.3) is 10.9 Å². The summed E-state index contributed by atoms with van der Waals surface area (Å²) in [6.45, 7) is 0. The summed E-state index contributed by atoms with van der Waals surface area (Å²) in [5, 5.41) is 10.6. The number of anilines is 5. The van der Waals surface area contributed by atoms with Crippen molar-refractivity contribution < 1.29 is 4.79 Å². The van der Waals surface area contributed by atoms with E-state index in [4.69, 9.17) is 6.42 Å². The zero-order chi connectivity index (χ0) is 24.0. The van der Waals surface area contributed by atoms with E-state index in [1.807, 2.05) is 72.8 Å². The molecule has 0 saturated heterocycles. The van der Waals surface area contributed by atoms with Crippen molar-refractivity contribution in [1.82, 2.24) is 9.97 Å². The summed E-state index contributed by atoms with van der Waals surface area (Å²) in [7, 11) is 0. The third-order valence-electron chi connectivity index (χ3n) is 5.42. The van der Waals surface area contributed by atoms with Crippen molar-refractivity contribution in [3.05, 3.63) is 115 Å². The van der Waals surface area contributed by atoms with Gasteiger partial charge in [0.25, 0.3) is 5.91 Å². The lowest BCUT2D eigenvalue weighted by molar-refractivity contribution is 0.102. The Balaban J connectivity index is 1.28. The molecule has 0 aliphatic rings. The van der Waals surface area contributed by atoms with E-state index in [1.54, 1.807) is 30.7 Å². The number of aromatic nitrogens is 2.